The van der Waals surface area contributed by atoms with Gasteiger partial charge in [-0.2, -0.15) is 0 Å². The minimum Gasteiger partial charge on any atom is -0.460 e. The van der Waals surface area contributed by atoms with E-state index in [0.29, 0.717) is 23.9 Å². The van der Waals surface area contributed by atoms with Gasteiger partial charge in [0.25, 0.3) is 5.82 Å². The zero-order chi connectivity index (χ0) is 18.2. The monoisotopic (exact) mass is 346 g/mol. The van der Waals surface area contributed by atoms with Crippen molar-refractivity contribution in [3.05, 3.63) is 36.2 Å². The van der Waals surface area contributed by atoms with Gasteiger partial charge in [-0.1, -0.05) is 13.8 Å². The Kier molecular flexibility index (Phi) is 6.44. The molecule has 0 aliphatic carbocycles. The summed E-state index contributed by atoms with van der Waals surface area (Å²) in [7, 11) is 0. The van der Waals surface area contributed by atoms with Gasteiger partial charge in [-0.05, 0) is 31.4 Å². The lowest BCUT2D eigenvalue weighted by atomic mass is 10.0. The van der Waals surface area contributed by atoms with Crippen LogP contribution in [-0.4, -0.2) is 38.8 Å². The standard InChI is InChI=1S/C16H22N6O3/c1-4-25-15(23)14-20-13(21-22-14)12(8-10(2)3)19-16(24)18-11-6-5-7-17-9-11/h5-7,9-10,12H,4,8H2,1-3H3,(H2,18,19,24)(H,20,21,22)/t12-/m1/s1. The van der Waals surface area contributed by atoms with Crippen molar-refractivity contribution >= 4 is 17.7 Å². The first-order valence-electron chi connectivity index (χ1n) is 8.06. The van der Waals surface area contributed by atoms with E-state index in [1.165, 1.54) is 0 Å². The second-order valence-corrected chi connectivity index (χ2v) is 5.79. The number of carbonyl (C=O) groups excluding carboxylic acids is 2. The van der Waals surface area contributed by atoms with Crippen LogP contribution in [0.15, 0.2) is 24.5 Å². The molecule has 3 N–H and O–H groups in total. The number of nitrogens with zero attached hydrogens (tertiary/aromatic N) is 3. The number of H-pyrrole nitrogens is 1. The Morgan fingerprint density at radius 1 is 1.36 bits per heavy atom. The van der Waals surface area contributed by atoms with E-state index in [1.54, 1.807) is 31.5 Å². The highest BCUT2D eigenvalue weighted by Crippen LogP contribution is 2.18. The van der Waals surface area contributed by atoms with Crippen LogP contribution in [-0.2, 0) is 4.74 Å². The van der Waals surface area contributed by atoms with Crippen molar-refractivity contribution in [2.24, 2.45) is 5.92 Å². The lowest BCUT2D eigenvalue weighted by Crippen LogP contribution is -2.34. The summed E-state index contributed by atoms with van der Waals surface area (Å²) in [5.41, 5.74) is 0.577. The van der Waals surface area contributed by atoms with E-state index in [9.17, 15) is 9.59 Å². The van der Waals surface area contributed by atoms with Gasteiger partial charge in [0.15, 0.2) is 0 Å². The van der Waals surface area contributed by atoms with E-state index in [4.69, 9.17) is 4.74 Å². The maximum absolute atomic E-state index is 12.2. The van der Waals surface area contributed by atoms with E-state index < -0.39 is 18.0 Å². The average Bonchev–Trinajstić information content (AvgIpc) is 3.05. The average molecular weight is 346 g/mol. The van der Waals surface area contributed by atoms with Crippen LogP contribution in [0.25, 0.3) is 0 Å². The van der Waals surface area contributed by atoms with Crippen LogP contribution in [0.4, 0.5) is 10.5 Å². The van der Waals surface area contributed by atoms with Crippen LogP contribution < -0.4 is 10.6 Å². The Bertz CT molecular complexity index is 701. The van der Waals surface area contributed by atoms with Crippen molar-refractivity contribution in [2.75, 3.05) is 11.9 Å². The number of urea groups is 1. The second-order valence-electron chi connectivity index (χ2n) is 5.79. The number of anilines is 1. The van der Waals surface area contributed by atoms with Crippen LogP contribution in [0.5, 0.6) is 0 Å². The second kappa shape index (κ2) is 8.76. The largest absolute Gasteiger partial charge is 0.460 e. The molecule has 9 heteroatoms. The molecule has 0 spiro atoms. The first-order chi connectivity index (χ1) is 12.0. The fraction of sp³-hybridized carbons (Fsp3) is 0.438. The molecule has 0 radical (unpaired) electrons. The van der Waals surface area contributed by atoms with Gasteiger partial charge in [-0.3, -0.25) is 10.1 Å². The molecule has 0 saturated heterocycles. The molecular weight excluding hydrogens is 324 g/mol. The van der Waals surface area contributed by atoms with Gasteiger partial charge in [0.2, 0.25) is 0 Å². The Labute approximate surface area is 145 Å². The molecular formula is C16H22N6O3. The number of rotatable bonds is 7. The van der Waals surface area contributed by atoms with E-state index in [-0.39, 0.29) is 12.4 Å². The highest BCUT2D eigenvalue weighted by molar-refractivity contribution is 5.89. The molecule has 0 unspecified atom stereocenters. The first kappa shape index (κ1) is 18.4. The highest BCUT2D eigenvalue weighted by atomic mass is 16.5. The van der Waals surface area contributed by atoms with Crippen molar-refractivity contribution in [1.29, 1.82) is 0 Å². The van der Waals surface area contributed by atoms with Crippen LogP contribution in [0, 0.1) is 5.92 Å². The molecule has 134 valence electrons. The molecule has 2 heterocycles. The minimum absolute atomic E-state index is 0.0555. The summed E-state index contributed by atoms with van der Waals surface area (Å²) in [6, 6.07) is 2.64. The van der Waals surface area contributed by atoms with Crippen molar-refractivity contribution in [2.45, 2.75) is 33.2 Å². The van der Waals surface area contributed by atoms with Gasteiger partial charge < -0.3 is 15.4 Å². The van der Waals surface area contributed by atoms with Crippen molar-refractivity contribution in [3.63, 3.8) is 0 Å². The van der Waals surface area contributed by atoms with E-state index in [1.807, 2.05) is 13.8 Å². The molecule has 0 aliphatic heterocycles. The molecule has 0 fully saturated rings. The van der Waals surface area contributed by atoms with Crippen LogP contribution >= 0.6 is 0 Å². The predicted molar refractivity (Wildman–Crippen MR) is 90.9 cm³/mol. The van der Waals surface area contributed by atoms with E-state index >= 15 is 0 Å². The fourth-order valence-corrected chi connectivity index (χ4v) is 2.19. The number of esters is 1. The number of amides is 2. The molecule has 0 aliphatic rings. The Morgan fingerprint density at radius 2 is 2.16 bits per heavy atom. The number of carbonyl (C=O) groups is 2. The number of aromatic amines is 1. The molecule has 2 aromatic heterocycles. The molecule has 2 rings (SSSR count). The normalized spacial score (nSPS) is 11.8. The lowest BCUT2D eigenvalue weighted by Gasteiger charge is -2.18. The summed E-state index contributed by atoms with van der Waals surface area (Å²) in [6.45, 7) is 5.99. The Morgan fingerprint density at radius 3 is 2.80 bits per heavy atom. The maximum Gasteiger partial charge on any atom is 0.378 e. The molecule has 0 saturated carbocycles. The third-order valence-electron chi connectivity index (χ3n) is 3.22. The van der Waals surface area contributed by atoms with Crippen LogP contribution in [0.2, 0.25) is 0 Å². The molecule has 2 aromatic rings. The van der Waals surface area contributed by atoms with Gasteiger partial charge in [-0.15, -0.1) is 5.10 Å². The summed E-state index contributed by atoms with van der Waals surface area (Å²) in [5.74, 6) is 0.0334. The van der Waals surface area contributed by atoms with E-state index in [2.05, 4.69) is 30.8 Å². The third-order valence-corrected chi connectivity index (χ3v) is 3.22. The van der Waals surface area contributed by atoms with Crippen LogP contribution in [0.1, 0.15) is 49.7 Å². The summed E-state index contributed by atoms with van der Waals surface area (Å²) < 4.78 is 4.87. The molecule has 1 atom stereocenters. The first-order valence-corrected chi connectivity index (χ1v) is 8.06. The van der Waals surface area contributed by atoms with Crippen molar-refractivity contribution in [1.82, 2.24) is 25.5 Å². The number of hydrogen-bond acceptors (Lipinski definition) is 6. The third kappa shape index (κ3) is 5.55. The Hall–Kier alpha value is -2.97. The quantitative estimate of drug-likeness (QED) is 0.661. The summed E-state index contributed by atoms with van der Waals surface area (Å²) in [4.78, 5) is 32.0. The highest BCUT2D eigenvalue weighted by Gasteiger charge is 2.22. The zero-order valence-electron chi connectivity index (χ0n) is 14.4. The summed E-state index contributed by atoms with van der Waals surface area (Å²) in [5, 5.41) is 12.1. The zero-order valence-corrected chi connectivity index (χ0v) is 14.4. The van der Waals surface area contributed by atoms with Crippen molar-refractivity contribution in [3.8, 4) is 0 Å². The predicted octanol–water partition coefficient (Wildman–Crippen LogP) is 2.29. The van der Waals surface area contributed by atoms with Crippen LogP contribution in [0.3, 0.4) is 0 Å². The lowest BCUT2D eigenvalue weighted by molar-refractivity contribution is 0.0512. The van der Waals surface area contributed by atoms with Gasteiger partial charge in [0.1, 0.15) is 5.82 Å². The van der Waals surface area contributed by atoms with Gasteiger partial charge in [-0.25, -0.2) is 14.6 Å². The minimum atomic E-state index is -0.604. The molecule has 25 heavy (non-hydrogen) atoms. The van der Waals surface area contributed by atoms with Gasteiger partial charge >= 0.3 is 12.0 Å². The SMILES string of the molecule is CCOC(=O)c1n[nH]c([C@@H](CC(C)C)NC(=O)Nc2cccnc2)n1. The number of nitrogens with one attached hydrogen (secondary N) is 3. The molecule has 9 nitrogen and oxygen atoms in total. The van der Waals surface area contributed by atoms with Crippen molar-refractivity contribution < 1.29 is 14.3 Å². The number of ether oxygens (including phenoxy) is 1. The number of pyridine rings is 1. The topological polar surface area (TPSA) is 122 Å². The summed E-state index contributed by atoms with van der Waals surface area (Å²) >= 11 is 0. The van der Waals surface area contributed by atoms with Gasteiger partial charge in [0, 0.05) is 6.20 Å². The number of hydrogen-bond donors (Lipinski definition) is 3. The maximum atomic E-state index is 12.2. The number of aromatic nitrogens is 4. The summed E-state index contributed by atoms with van der Waals surface area (Å²) in [6.07, 6.45) is 3.79. The Balaban J connectivity index is 2.08. The fourth-order valence-electron chi connectivity index (χ4n) is 2.19. The molecule has 0 aromatic carbocycles. The van der Waals surface area contributed by atoms with E-state index in [0.717, 1.165) is 0 Å². The molecule has 2 amide bonds. The molecule has 0 bridgehead atoms. The smallest absolute Gasteiger partial charge is 0.378 e. The van der Waals surface area contributed by atoms with Gasteiger partial charge in [0.05, 0.1) is 24.5 Å².